The molecule has 0 saturated heterocycles. The Hall–Kier alpha value is -4.58. The Morgan fingerprint density at radius 1 is 0.403 bits per heavy atom. The van der Waals surface area contributed by atoms with E-state index in [2.05, 4.69) is 141 Å². The Kier molecular flexibility index (Phi) is 25.1. The van der Waals surface area contributed by atoms with Gasteiger partial charge in [-0.2, -0.15) is 5.11 Å². The van der Waals surface area contributed by atoms with Gasteiger partial charge in [-0.05, 0) is 93.0 Å². The zero-order chi connectivity index (χ0) is 50.6. The number of unbranched alkanes of at least 4 members (excludes halogenated alkanes) is 24. The summed E-state index contributed by atoms with van der Waals surface area (Å²) in [6.45, 7) is 16.3. The second-order valence-corrected chi connectivity index (χ2v) is 22.0. The van der Waals surface area contributed by atoms with Crippen LogP contribution in [0.1, 0.15) is 233 Å². The fraction of sp³-hybridized carbons (Fsp3) is 0.606. The minimum atomic E-state index is -0.0966. The molecule has 2 atom stereocenters. The minimum absolute atomic E-state index is 0.0966. The molecule has 392 valence electrons. The molecular weight excluding hydrogens is 877 g/mol. The zero-order valence-electron chi connectivity index (χ0n) is 46.5. The van der Waals surface area contributed by atoms with E-state index in [9.17, 15) is 0 Å². The summed E-state index contributed by atoms with van der Waals surface area (Å²) in [5.74, 6) is 0.672. The highest BCUT2D eigenvalue weighted by molar-refractivity contribution is 6.10. The van der Waals surface area contributed by atoms with E-state index in [0.717, 1.165) is 53.0 Å². The van der Waals surface area contributed by atoms with E-state index >= 15 is 0 Å². The number of azo groups is 2. The molecule has 0 spiro atoms. The molecule has 0 bridgehead atoms. The van der Waals surface area contributed by atoms with Gasteiger partial charge in [0.05, 0.1) is 22.7 Å². The Bertz CT molecular complexity index is 2310. The van der Waals surface area contributed by atoms with Crippen molar-refractivity contribution in [3.8, 4) is 0 Å². The van der Waals surface area contributed by atoms with Crippen molar-refractivity contribution in [2.75, 3.05) is 22.9 Å². The maximum Gasteiger partial charge on any atom is 0.110 e. The third kappa shape index (κ3) is 17.0. The van der Waals surface area contributed by atoms with Gasteiger partial charge < -0.3 is 9.80 Å². The van der Waals surface area contributed by atoms with E-state index in [1.165, 1.54) is 214 Å². The number of benzene rings is 5. The minimum Gasteiger partial charge on any atom is -0.348 e. The Morgan fingerprint density at radius 3 is 1.29 bits per heavy atom. The van der Waals surface area contributed by atoms with Gasteiger partial charge in [-0.1, -0.05) is 244 Å². The lowest BCUT2D eigenvalue weighted by molar-refractivity contribution is 0.341. The summed E-state index contributed by atoms with van der Waals surface area (Å²) in [7, 11) is 0. The molecule has 1 aliphatic rings. The van der Waals surface area contributed by atoms with E-state index in [1.807, 2.05) is 6.07 Å². The van der Waals surface area contributed by atoms with Gasteiger partial charge in [0, 0.05) is 46.0 Å². The van der Waals surface area contributed by atoms with E-state index in [4.69, 9.17) is 15.3 Å². The molecule has 0 aromatic heterocycles. The van der Waals surface area contributed by atoms with Gasteiger partial charge >= 0.3 is 0 Å². The van der Waals surface area contributed by atoms with E-state index in [-0.39, 0.29) is 5.66 Å². The second kappa shape index (κ2) is 31.9. The maximum absolute atomic E-state index is 5.12. The van der Waals surface area contributed by atoms with Crippen LogP contribution in [0.15, 0.2) is 111 Å². The maximum atomic E-state index is 5.12. The number of rotatable bonds is 37. The summed E-state index contributed by atoms with van der Waals surface area (Å²) >= 11 is 0. The molecule has 0 N–H and O–H groups in total. The summed E-state index contributed by atoms with van der Waals surface area (Å²) in [6, 6.07) is 32.7. The van der Waals surface area contributed by atoms with Crippen molar-refractivity contribution >= 4 is 55.7 Å². The second-order valence-electron chi connectivity index (χ2n) is 22.0. The van der Waals surface area contributed by atoms with Crippen molar-refractivity contribution in [2.45, 2.75) is 240 Å². The average molecular weight is 976 g/mol. The van der Waals surface area contributed by atoms with Crippen LogP contribution in [0.5, 0.6) is 0 Å². The van der Waals surface area contributed by atoms with Crippen LogP contribution in [-0.2, 0) is 6.42 Å². The number of anilines is 2. The Balaban J connectivity index is 1.26. The fourth-order valence-corrected chi connectivity index (χ4v) is 11.4. The number of hydrogen-bond donors (Lipinski definition) is 0. The molecule has 0 saturated carbocycles. The summed E-state index contributed by atoms with van der Waals surface area (Å²) in [6.07, 6.45) is 39.9. The van der Waals surface area contributed by atoms with Gasteiger partial charge in [-0.3, -0.25) is 0 Å². The first-order valence-electron chi connectivity index (χ1n) is 30.0. The van der Waals surface area contributed by atoms with Crippen molar-refractivity contribution < 1.29 is 0 Å². The molecule has 0 aliphatic carbocycles. The summed E-state index contributed by atoms with van der Waals surface area (Å²) in [5.41, 5.74) is 7.47. The first-order valence-corrected chi connectivity index (χ1v) is 30.0. The number of hydrogen-bond acceptors (Lipinski definition) is 6. The SMILES string of the molecule is CCCCCCCCCCCCCC1(C)N(CCCCCCCCCC)c2cccc3c(N=Nc4ccc(N=Nc5ccc(C[C@H](C)CC)cc5)c5ccccc45)ccc(c23)N1CCCCCCCCCC. The molecule has 1 heterocycles. The number of fused-ring (bicyclic) bond motifs is 1. The molecule has 6 nitrogen and oxygen atoms in total. The normalized spacial score (nSPS) is 15.3. The van der Waals surface area contributed by atoms with Crippen LogP contribution >= 0.6 is 0 Å². The smallest absolute Gasteiger partial charge is 0.110 e. The first kappa shape index (κ1) is 56.7. The highest BCUT2D eigenvalue weighted by Gasteiger charge is 2.42. The van der Waals surface area contributed by atoms with Crippen molar-refractivity contribution in [3.05, 3.63) is 96.6 Å². The zero-order valence-corrected chi connectivity index (χ0v) is 46.5. The molecule has 1 unspecified atom stereocenters. The molecule has 6 heteroatoms. The van der Waals surface area contributed by atoms with Gasteiger partial charge in [0.15, 0.2) is 0 Å². The van der Waals surface area contributed by atoms with Crippen LogP contribution in [0.4, 0.5) is 34.1 Å². The lowest BCUT2D eigenvalue weighted by Crippen LogP contribution is -2.62. The fourth-order valence-electron chi connectivity index (χ4n) is 11.4. The topological polar surface area (TPSA) is 55.9 Å². The summed E-state index contributed by atoms with van der Waals surface area (Å²) < 4.78 is 0. The van der Waals surface area contributed by atoms with Crippen molar-refractivity contribution in [2.24, 2.45) is 26.4 Å². The Labute approximate surface area is 439 Å². The first-order chi connectivity index (χ1) is 35.4. The lowest BCUT2D eigenvalue weighted by atomic mass is 9.90. The predicted octanol–water partition coefficient (Wildman–Crippen LogP) is 22.7. The van der Waals surface area contributed by atoms with Crippen LogP contribution in [0.25, 0.3) is 21.5 Å². The molecule has 0 radical (unpaired) electrons. The van der Waals surface area contributed by atoms with Crippen molar-refractivity contribution in [1.82, 2.24) is 0 Å². The lowest BCUT2D eigenvalue weighted by Gasteiger charge is -2.55. The summed E-state index contributed by atoms with van der Waals surface area (Å²) in [4.78, 5) is 5.73. The monoisotopic (exact) mass is 975 g/mol. The van der Waals surface area contributed by atoms with E-state index < -0.39 is 0 Å². The largest absolute Gasteiger partial charge is 0.348 e. The van der Waals surface area contributed by atoms with Gasteiger partial charge in [0.1, 0.15) is 5.66 Å². The van der Waals surface area contributed by atoms with Crippen molar-refractivity contribution in [3.63, 3.8) is 0 Å². The molecule has 6 rings (SSSR count). The highest BCUT2D eigenvalue weighted by Crippen LogP contribution is 2.50. The average Bonchev–Trinajstić information content (AvgIpc) is 3.40. The molecule has 0 fully saturated rings. The highest BCUT2D eigenvalue weighted by atomic mass is 15.4. The van der Waals surface area contributed by atoms with Gasteiger partial charge in [-0.25, -0.2) is 0 Å². The molecule has 0 amide bonds. The van der Waals surface area contributed by atoms with Crippen LogP contribution in [0, 0.1) is 5.92 Å². The standard InChI is InChI=1S/C66H98N6/c1-7-11-14-17-20-23-24-25-26-29-34-50-66(6)71(51-35-30-27-21-18-15-12-8-2)63-41-37-40-59-62(48-49-64(65(59)63)72(66)52-36-31-28-22-19-16-13-9-3)70-69-61-47-46-60(57-38-32-33-39-58(57)61)68-67-56-44-42-55(43-45-56)53-54(5)10-4/h32-33,37-49,54H,7-31,34-36,50-53H2,1-6H3/t54-,66?/m1/s1. The van der Waals surface area contributed by atoms with Gasteiger partial charge in [0.25, 0.3) is 0 Å². The number of nitrogens with zero attached hydrogens (tertiary/aromatic N) is 6. The third-order valence-electron chi connectivity index (χ3n) is 16.1. The van der Waals surface area contributed by atoms with Crippen LogP contribution < -0.4 is 9.80 Å². The quantitative estimate of drug-likeness (QED) is 0.0294. The third-order valence-corrected chi connectivity index (χ3v) is 16.1. The molecule has 5 aromatic rings. The molecule has 72 heavy (non-hydrogen) atoms. The molecule has 1 aliphatic heterocycles. The van der Waals surface area contributed by atoms with Crippen LogP contribution in [0.3, 0.4) is 0 Å². The van der Waals surface area contributed by atoms with E-state index in [0.29, 0.717) is 5.92 Å². The Morgan fingerprint density at radius 2 is 0.806 bits per heavy atom. The van der Waals surface area contributed by atoms with Crippen molar-refractivity contribution in [1.29, 1.82) is 0 Å². The predicted molar refractivity (Wildman–Crippen MR) is 315 cm³/mol. The molecule has 5 aromatic carbocycles. The summed E-state index contributed by atoms with van der Waals surface area (Å²) in [5, 5.41) is 24.2. The van der Waals surface area contributed by atoms with Crippen LogP contribution in [0.2, 0.25) is 0 Å². The van der Waals surface area contributed by atoms with Crippen LogP contribution in [-0.4, -0.2) is 18.8 Å². The van der Waals surface area contributed by atoms with Gasteiger partial charge in [-0.15, -0.1) is 15.3 Å². The van der Waals surface area contributed by atoms with Gasteiger partial charge in [0.2, 0.25) is 0 Å². The molecular formula is C66H98N6. The van der Waals surface area contributed by atoms with E-state index in [1.54, 1.807) is 0 Å².